The lowest BCUT2D eigenvalue weighted by Crippen LogP contribution is -2.34. The molecule has 0 aromatic heterocycles. The van der Waals surface area contributed by atoms with Crippen molar-refractivity contribution in [3.8, 4) is 0 Å². The standard InChI is InChI=1S/C16H20N4O5/c1-2-3-6-12-15(22)19(16(23)18-12)10-9-14(21)17-11-7-4-5-8-13(11)20(24)25/h4-5,7-8,12H,2-3,6,9-10H2,1H3,(H,17,21)(H,18,23). The maximum Gasteiger partial charge on any atom is 0.324 e. The van der Waals surface area contributed by atoms with Crippen LogP contribution in [0.5, 0.6) is 0 Å². The fourth-order valence-corrected chi connectivity index (χ4v) is 2.56. The van der Waals surface area contributed by atoms with Crippen LogP contribution in [0, 0.1) is 10.1 Å². The van der Waals surface area contributed by atoms with Crippen LogP contribution < -0.4 is 10.6 Å². The molecule has 0 spiro atoms. The van der Waals surface area contributed by atoms with Gasteiger partial charge in [0.05, 0.1) is 4.92 Å². The topological polar surface area (TPSA) is 122 Å². The van der Waals surface area contributed by atoms with Crippen LogP contribution in [0.1, 0.15) is 32.6 Å². The van der Waals surface area contributed by atoms with Crippen molar-refractivity contribution in [1.82, 2.24) is 10.2 Å². The third-order valence-electron chi connectivity index (χ3n) is 3.89. The van der Waals surface area contributed by atoms with Crippen LogP contribution in [0.15, 0.2) is 24.3 Å². The van der Waals surface area contributed by atoms with Crippen molar-refractivity contribution in [2.24, 2.45) is 0 Å². The van der Waals surface area contributed by atoms with Crippen molar-refractivity contribution in [3.63, 3.8) is 0 Å². The molecule has 2 rings (SSSR count). The van der Waals surface area contributed by atoms with E-state index < -0.39 is 22.9 Å². The largest absolute Gasteiger partial charge is 0.326 e. The van der Waals surface area contributed by atoms with E-state index in [0.29, 0.717) is 6.42 Å². The first-order valence-electron chi connectivity index (χ1n) is 8.09. The SMILES string of the molecule is CCCCC1NC(=O)N(CCC(=O)Nc2ccccc2[N+](=O)[O-])C1=O. The number of nitro groups is 1. The van der Waals surface area contributed by atoms with E-state index in [1.807, 2.05) is 6.92 Å². The van der Waals surface area contributed by atoms with Crippen LogP contribution in [-0.4, -0.2) is 40.3 Å². The van der Waals surface area contributed by atoms with Gasteiger partial charge in [0, 0.05) is 19.0 Å². The van der Waals surface area contributed by atoms with Gasteiger partial charge in [-0.25, -0.2) is 4.79 Å². The Balaban J connectivity index is 1.91. The fraction of sp³-hybridized carbons (Fsp3) is 0.438. The minimum atomic E-state index is -0.592. The van der Waals surface area contributed by atoms with E-state index in [-0.39, 0.29) is 30.2 Å². The summed E-state index contributed by atoms with van der Waals surface area (Å²) in [6.45, 7) is 1.92. The van der Waals surface area contributed by atoms with E-state index in [2.05, 4.69) is 10.6 Å². The molecular formula is C16H20N4O5. The zero-order valence-corrected chi connectivity index (χ0v) is 13.9. The van der Waals surface area contributed by atoms with E-state index >= 15 is 0 Å². The third kappa shape index (κ3) is 4.52. The molecule has 1 heterocycles. The molecule has 9 nitrogen and oxygen atoms in total. The molecule has 4 amide bonds. The highest BCUT2D eigenvalue weighted by molar-refractivity contribution is 6.04. The molecule has 25 heavy (non-hydrogen) atoms. The number of unbranched alkanes of at least 4 members (excludes halogenated alkanes) is 1. The van der Waals surface area contributed by atoms with Gasteiger partial charge >= 0.3 is 6.03 Å². The van der Waals surface area contributed by atoms with Gasteiger partial charge in [-0.15, -0.1) is 0 Å². The first kappa shape index (κ1) is 18.4. The number of carbonyl (C=O) groups excluding carboxylic acids is 3. The molecule has 1 aromatic rings. The summed E-state index contributed by atoms with van der Waals surface area (Å²) < 4.78 is 0. The van der Waals surface area contributed by atoms with E-state index in [1.54, 1.807) is 6.07 Å². The Kier molecular flexibility index (Phi) is 6.04. The second-order valence-electron chi connectivity index (χ2n) is 5.71. The maximum absolute atomic E-state index is 12.2. The van der Waals surface area contributed by atoms with Gasteiger partial charge in [0.15, 0.2) is 0 Å². The van der Waals surface area contributed by atoms with Crippen molar-refractivity contribution in [1.29, 1.82) is 0 Å². The molecule has 1 aliphatic heterocycles. The lowest BCUT2D eigenvalue weighted by molar-refractivity contribution is -0.383. The van der Waals surface area contributed by atoms with Crippen molar-refractivity contribution < 1.29 is 19.3 Å². The number of rotatable bonds is 8. The van der Waals surface area contributed by atoms with Crippen molar-refractivity contribution in [2.45, 2.75) is 38.6 Å². The summed E-state index contributed by atoms with van der Waals surface area (Å²) in [6.07, 6.45) is 2.17. The molecule has 0 aliphatic carbocycles. The van der Waals surface area contributed by atoms with Gasteiger partial charge < -0.3 is 10.6 Å². The summed E-state index contributed by atoms with van der Waals surface area (Å²) in [7, 11) is 0. The number of hydrogen-bond donors (Lipinski definition) is 2. The Morgan fingerprint density at radius 2 is 2.08 bits per heavy atom. The van der Waals surface area contributed by atoms with Gasteiger partial charge in [-0.3, -0.25) is 24.6 Å². The van der Waals surface area contributed by atoms with Crippen LogP contribution in [-0.2, 0) is 9.59 Å². The molecule has 1 saturated heterocycles. The number of carbonyl (C=O) groups is 3. The number of nitrogens with one attached hydrogen (secondary N) is 2. The Hall–Kier alpha value is -2.97. The summed E-state index contributed by atoms with van der Waals surface area (Å²) in [6, 6.07) is 4.72. The number of nitro benzene ring substituents is 1. The average Bonchev–Trinajstić information content (AvgIpc) is 2.85. The van der Waals surface area contributed by atoms with E-state index in [9.17, 15) is 24.5 Å². The molecular weight excluding hydrogens is 328 g/mol. The Bertz CT molecular complexity index is 691. The first-order chi connectivity index (χ1) is 11.9. The van der Waals surface area contributed by atoms with Crippen molar-refractivity contribution in [2.75, 3.05) is 11.9 Å². The lowest BCUT2D eigenvalue weighted by Gasteiger charge is -2.13. The number of urea groups is 1. The summed E-state index contributed by atoms with van der Waals surface area (Å²) in [4.78, 5) is 47.4. The predicted octanol–water partition coefficient (Wildman–Crippen LogP) is 2.03. The third-order valence-corrected chi connectivity index (χ3v) is 3.89. The first-order valence-corrected chi connectivity index (χ1v) is 8.09. The average molecular weight is 348 g/mol. The van der Waals surface area contributed by atoms with Crippen LogP contribution in [0.25, 0.3) is 0 Å². The van der Waals surface area contributed by atoms with E-state index in [0.717, 1.165) is 17.7 Å². The molecule has 1 aromatic carbocycles. The number of benzene rings is 1. The van der Waals surface area contributed by atoms with Crippen molar-refractivity contribution >= 4 is 29.2 Å². The quantitative estimate of drug-likeness (QED) is 0.423. The number of amides is 4. The molecule has 1 unspecified atom stereocenters. The van der Waals surface area contributed by atoms with Gasteiger partial charge in [-0.1, -0.05) is 31.9 Å². The van der Waals surface area contributed by atoms with E-state index in [4.69, 9.17) is 0 Å². The van der Waals surface area contributed by atoms with Crippen LogP contribution in [0.3, 0.4) is 0 Å². The molecule has 1 fully saturated rings. The number of hydrogen-bond acceptors (Lipinski definition) is 5. The number of nitrogens with zero attached hydrogens (tertiary/aromatic N) is 2. The monoisotopic (exact) mass is 348 g/mol. The zero-order chi connectivity index (χ0) is 18.4. The molecule has 2 N–H and O–H groups in total. The summed E-state index contributed by atoms with van der Waals surface area (Å²) in [5.74, 6) is -0.844. The molecule has 1 aliphatic rings. The second-order valence-corrected chi connectivity index (χ2v) is 5.71. The summed E-state index contributed by atoms with van der Waals surface area (Å²) in [5, 5.41) is 16.0. The number of imide groups is 1. The van der Waals surface area contributed by atoms with Crippen LogP contribution in [0.4, 0.5) is 16.2 Å². The lowest BCUT2D eigenvalue weighted by atomic mass is 10.1. The van der Waals surface area contributed by atoms with Gasteiger partial charge in [0.25, 0.3) is 11.6 Å². The van der Waals surface area contributed by atoms with Crippen LogP contribution >= 0.6 is 0 Å². The summed E-state index contributed by atoms with van der Waals surface area (Å²) in [5.41, 5.74) is -0.138. The molecule has 0 radical (unpaired) electrons. The number of anilines is 1. The predicted molar refractivity (Wildman–Crippen MR) is 89.9 cm³/mol. The fourth-order valence-electron chi connectivity index (χ4n) is 2.56. The minimum Gasteiger partial charge on any atom is -0.326 e. The second kappa shape index (κ2) is 8.22. The number of para-hydroxylation sites is 2. The van der Waals surface area contributed by atoms with Crippen molar-refractivity contribution in [3.05, 3.63) is 34.4 Å². The Morgan fingerprint density at radius 3 is 2.76 bits per heavy atom. The molecule has 0 saturated carbocycles. The highest BCUT2D eigenvalue weighted by Crippen LogP contribution is 2.23. The smallest absolute Gasteiger partial charge is 0.324 e. The molecule has 1 atom stereocenters. The van der Waals surface area contributed by atoms with Crippen LogP contribution in [0.2, 0.25) is 0 Å². The van der Waals surface area contributed by atoms with Gasteiger partial charge in [-0.2, -0.15) is 0 Å². The van der Waals surface area contributed by atoms with Gasteiger partial charge in [0.1, 0.15) is 11.7 Å². The Labute approximate surface area is 144 Å². The molecule has 9 heteroatoms. The molecule has 134 valence electrons. The zero-order valence-electron chi connectivity index (χ0n) is 13.9. The molecule has 0 bridgehead atoms. The Morgan fingerprint density at radius 1 is 1.36 bits per heavy atom. The highest BCUT2D eigenvalue weighted by atomic mass is 16.6. The van der Waals surface area contributed by atoms with E-state index in [1.165, 1.54) is 18.2 Å². The normalized spacial score (nSPS) is 16.7. The minimum absolute atomic E-state index is 0.0697. The highest BCUT2D eigenvalue weighted by Gasteiger charge is 2.37. The van der Waals surface area contributed by atoms with Gasteiger partial charge in [0.2, 0.25) is 5.91 Å². The van der Waals surface area contributed by atoms with Gasteiger partial charge in [-0.05, 0) is 12.5 Å². The maximum atomic E-state index is 12.2. The summed E-state index contributed by atoms with van der Waals surface area (Å²) >= 11 is 0.